The number of thioether (sulfide) groups is 1. The minimum atomic E-state index is -0.321. The third-order valence-electron chi connectivity index (χ3n) is 3.69. The summed E-state index contributed by atoms with van der Waals surface area (Å²) >= 11 is 8.93. The van der Waals surface area contributed by atoms with Gasteiger partial charge in [0.1, 0.15) is 0 Å². The van der Waals surface area contributed by atoms with Gasteiger partial charge >= 0.3 is 0 Å². The Morgan fingerprint density at radius 1 is 0.962 bits per heavy atom. The van der Waals surface area contributed by atoms with Crippen molar-refractivity contribution >= 4 is 40.8 Å². The fraction of sp³-hybridized carbons (Fsp3) is 0.100. The maximum absolute atomic E-state index is 11.5. The van der Waals surface area contributed by atoms with E-state index in [1.165, 1.54) is 17.3 Å². The van der Waals surface area contributed by atoms with Crippen molar-refractivity contribution in [2.24, 2.45) is 0 Å². The van der Waals surface area contributed by atoms with Crippen LogP contribution in [-0.2, 0) is 5.75 Å². The van der Waals surface area contributed by atoms with Gasteiger partial charge in [-0.15, -0.1) is 11.8 Å². The molecule has 0 radical (unpaired) electrons. The van der Waals surface area contributed by atoms with E-state index in [9.17, 15) is 10.1 Å². The molecule has 6 heteroatoms. The first-order valence-electron chi connectivity index (χ1n) is 7.91. The third kappa shape index (κ3) is 5.04. The number of rotatable bonds is 6. The lowest BCUT2D eigenvalue weighted by Crippen LogP contribution is -1.93. The summed E-state index contributed by atoms with van der Waals surface area (Å²) in [6.45, 7) is 2.05. The number of nitrogens with zero attached hydrogens (tertiary/aromatic N) is 1. The highest BCUT2D eigenvalue weighted by molar-refractivity contribution is 7.99. The fourth-order valence-corrected chi connectivity index (χ4v) is 4.18. The largest absolute Gasteiger partial charge is 0.283 e. The van der Waals surface area contributed by atoms with Crippen LogP contribution in [0.5, 0.6) is 0 Å². The Labute approximate surface area is 165 Å². The zero-order valence-corrected chi connectivity index (χ0v) is 16.4. The lowest BCUT2D eigenvalue weighted by Gasteiger charge is -2.07. The van der Waals surface area contributed by atoms with E-state index in [4.69, 9.17) is 11.6 Å². The second-order valence-corrected chi connectivity index (χ2v) is 8.32. The average Bonchev–Trinajstić information content (AvgIpc) is 2.64. The Morgan fingerprint density at radius 3 is 2.27 bits per heavy atom. The molecular formula is C20H16ClNO2S2. The average molecular weight is 402 g/mol. The van der Waals surface area contributed by atoms with Crippen LogP contribution >= 0.6 is 35.1 Å². The van der Waals surface area contributed by atoms with Crippen molar-refractivity contribution in [3.05, 3.63) is 93.0 Å². The van der Waals surface area contributed by atoms with Crippen LogP contribution in [0.3, 0.4) is 0 Å². The molecule has 0 atom stereocenters. The Hall–Kier alpha value is -1.95. The van der Waals surface area contributed by atoms with E-state index in [0.717, 1.165) is 15.4 Å². The molecule has 0 N–H and O–H groups in total. The molecule has 0 unspecified atom stereocenters. The molecule has 26 heavy (non-hydrogen) atoms. The van der Waals surface area contributed by atoms with Gasteiger partial charge in [0.15, 0.2) is 0 Å². The lowest BCUT2D eigenvalue weighted by atomic mass is 10.2. The molecule has 0 amide bonds. The van der Waals surface area contributed by atoms with Crippen LogP contribution in [0, 0.1) is 17.0 Å². The molecule has 3 aromatic carbocycles. The van der Waals surface area contributed by atoms with Crippen molar-refractivity contribution in [2.45, 2.75) is 27.4 Å². The van der Waals surface area contributed by atoms with Crippen LogP contribution in [0.4, 0.5) is 5.69 Å². The second-order valence-electron chi connectivity index (χ2n) is 5.72. The van der Waals surface area contributed by atoms with Gasteiger partial charge in [-0.3, -0.25) is 10.1 Å². The SMILES string of the molecule is Cc1ccc(SCc2ccc(Sc3ccc(Cl)cc3)c([N+](=O)[O-])c2)cc1. The molecule has 3 aromatic rings. The number of hydrogen-bond donors (Lipinski definition) is 0. The van der Waals surface area contributed by atoms with Gasteiger partial charge in [-0.05, 0) is 55.0 Å². The van der Waals surface area contributed by atoms with E-state index in [0.29, 0.717) is 15.7 Å². The molecule has 0 aliphatic heterocycles. The van der Waals surface area contributed by atoms with E-state index in [2.05, 4.69) is 31.2 Å². The number of halogens is 1. The summed E-state index contributed by atoms with van der Waals surface area (Å²) in [5.41, 5.74) is 2.28. The Kier molecular flexibility index (Phi) is 6.25. The van der Waals surface area contributed by atoms with Crippen LogP contribution in [-0.4, -0.2) is 4.92 Å². The Bertz CT molecular complexity index is 912. The van der Waals surface area contributed by atoms with E-state index >= 15 is 0 Å². The highest BCUT2D eigenvalue weighted by Crippen LogP contribution is 2.36. The highest BCUT2D eigenvalue weighted by Gasteiger charge is 2.16. The van der Waals surface area contributed by atoms with Crippen molar-refractivity contribution < 1.29 is 4.92 Å². The van der Waals surface area contributed by atoms with Gasteiger partial charge in [0.2, 0.25) is 0 Å². The van der Waals surface area contributed by atoms with Gasteiger partial charge < -0.3 is 0 Å². The molecule has 0 spiro atoms. The number of aryl methyl sites for hydroxylation is 1. The minimum absolute atomic E-state index is 0.131. The molecule has 0 bridgehead atoms. The Balaban J connectivity index is 1.76. The summed E-state index contributed by atoms with van der Waals surface area (Å²) in [4.78, 5) is 13.9. The molecule has 0 saturated heterocycles. The van der Waals surface area contributed by atoms with E-state index < -0.39 is 0 Å². The molecule has 132 valence electrons. The molecule has 0 aromatic heterocycles. The quantitative estimate of drug-likeness (QED) is 0.253. The molecule has 3 rings (SSSR count). The van der Waals surface area contributed by atoms with Gasteiger partial charge in [-0.25, -0.2) is 0 Å². The summed E-state index contributed by atoms with van der Waals surface area (Å²) in [7, 11) is 0. The lowest BCUT2D eigenvalue weighted by molar-refractivity contribution is -0.387. The summed E-state index contributed by atoms with van der Waals surface area (Å²) in [5.74, 6) is 0.690. The van der Waals surface area contributed by atoms with Crippen molar-refractivity contribution in [3.8, 4) is 0 Å². The summed E-state index contributed by atoms with van der Waals surface area (Å²) in [6.07, 6.45) is 0. The predicted molar refractivity (Wildman–Crippen MR) is 109 cm³/mol. The summed E-state index contributed by atoms with van der Waals surface area (Å²) in [5, 5.41) is 12.1. The van der Waals surface area contributed by atoms with Crippen LogP contribution in [0.1, 0.15) is 11.1 Å². The maximum atomic E-state index is 11.5. The van der Waals surface area contributed by atoms with Crippen molar-refractivity contribution in [3.63, 3.8) is 0 Å². The van der Waals surface area contributed by atoms with Gasteiger partial charge in [0.05, 0.1) is 9.82 Å². The van der Waals surface area contributed by atoms with Crippen molar-refractivity contribution in [1.29, 1.82) is 0 Å². The molecule has 0 saturated carbocycles. The van der Waals surface area contributed by atoms with E-state index in [-0.39, 0.29) is 10.6 Å². The van der Waals surface area contributed by atoms with E-state index in [1.807, 2.05) is 24.3 Å². The maximum Gasteiger partial charge on any atom is 0.283 e. The standard InChI is InChI=1S/C20H16ClNO2S2/c1-14-2-7-17(8-3-14)25-13-15-4-11-20(19(12-15)22(23)24)26-18-9-5-16(21)6-10-18/h2-12H,13H2,1H3. The van der Waals surface area contributed by atoms with Crippen LogP contribution in [0.2, 0.25) is 5.02 Å². The number of nitro benzene ring substituents is 1. The zero-order chi connectivity index (χ0) is 18.5. The summed E-state index contributed by atoms with van der Waals surface area (Å²) in [6, 6.07) is 21.0. The smallest absolute Gasteiger partial charge is 0.258 e. The minimum Gasteiger partial charge on any atom is -0.258 e. The number of benzene rings is 3. The molecule has 3 nitrogen and oxygen atoms in total. The molecule has 0 fully saturated rings. The van der Waals surface area contributed by atoms with Crippen LogP contribution in [0.25, 0.3) is 0 Å². The number of nitro groups is 1. The van der Waals surface area contributed by atoms with Gasteiger partial charge in [-0.1, -0.05) is 47.1 Å². The van der Waals surface area contributed by atoms with Crippen LogP contribution in [0.15, 0.2) is 81.4 Å². The van der Waals surface area contributed by atoms with Gasteiger partial charge in [0, 0.05) is 26.6 Å². The fourth-order valence-electron chi connectivity index (χ4n) is 2.31. The normalized spacial score (nSPS) is 10.7. The first kappa shape index (κ1) is 18.8. The van der Waals surface area contributed by atoms with Crippen LogP contribution < -0.4 is 0 Å². The molecule has 0 aliphatic carbocycles. The van der Waals surface area contributed by atoms with Crippen molar-refractivity contribution in [2.75, 3.05) is 0 Å². The predicted octanol–water partition coefficient (Wildman–Crippen LogP) is 7.00. The van der Waals surface area contributed by atoms with Gasteiger partial charge in [0.25, 0.3) is 5.69 Å². The third-order valence-corrected chi connectivity index (χ3v) is 6.10. The first-order valence-corrected chi connectivity index (χ1v) is 10.1. The molecule has 0 aliphatic rings. The number of hydrogen-bond acceptors (Lipinski definition) is 4. The Morgan fingerprint density at radius 2 is 1.62 bits per heavy atom. The van der Waals surface area contributed by atoms with Crippen molar-refractivity contribution in [1.82, 2.24) is 0 Å². The first-order chi connectivity index (χ1) is 12.5. The van der Waals surface area contributed by atoms with E-state index in [1.54, 1.807) is 30.0 Å². The summed E-state index contributed by atoms with van der Waals surface area (Å²) < 4.78 is 0. The monoisotopic (exact) mass is 401 g/mol. The molecular weight excluding hydrogens is 386 g/mol. The highest BCUT2D eigenvalue weighted by atomic mass is 35.5. The van der Waals surface area contributed by atoms with Gasteiger partial charge in [-0.2, -0.15) is 0 Å². The molecule has 0 heterocycles. The topological polar surface area (TPSA) is 43.1 Å². The zero-order valence-electron chi connectivity index (χ0n) is 14.0. The second kappa shape index (κ2) is 8.62.